The lowest BCUT2D eigenvalue weighted by Crippen LogP contribution is -2.53. The Kier molecular flexibility index (Phi) is 16.0. The van der Waals surface area contributed by atoms with Crippen LogP contribution in [0, 0.1) is 17.7 Å². The summed E-state index contributed by atoms with van der Waals surface area (Å²) in [5.74, 6) is -2.66. The molecule has 1 aromatic rings. The normalized spacial score (nSPS) is 17.1. The lowest BCUT2D eigenvalue weighted by Gasteiger charge is -2.24. The predicted molar refractivity (Wildman–Crippen MR) is 187 cm³/mol. The van der Waals surface area contributed by atoms with Gasteiger partial charge in [-0.25, -0.2) is 9.48 Å². The molecule has 3 atom stereocenters. The van der Waals surface area contributed by atoms with Crippen LogP contribution < -0.4 is 21.0 Å². The Morgan fingerprint density at radius 1 is 1.06 bits per heavy atom. The summed E-state index contributed by atoms with van der Waals surface area (Å²) in [5.41, 5.74) is 1.07. The fraction of sp³-hybridized carbons (Fsp3) is 0.571. The lowest BCUT2D eigenvalue weighted by atomic mass is 10.0. The van der Waals surface area contributed by atoms with Crippen LogP contribution in [0.1, 0.15) is 78.2 Å². The zero-order chi connectivity index (χ0) is 36.8. The van der Waals surface area contributed by atoms with Crippen LogP contribution >= 0.6 is 7.52 Å². The number of nitrogens with one attached hydrogen (secondary N) is 4. The number of carbonyl (C=O) groups is 5. The van der Waals surface area contributed by atoms with E-state index in [0.717, 1.165) is 29.4 Å². The number of nitrogens with zero attached hydrogens (tertiary/aromatic N) is 1. The van der Waals surface area contributed by atoms with Gasteiger partial charge in [0.15, 0.2) is 0 Å². The average Bonchev–Trinajstić information content (AvgIpc) is 3.85. The molecule has 1 aliphatic carbocycles. The van der Waals surface area contributed by atoms with Gasteiger partial charge in [-0.2, -0.15) is 0 Å². The van der Waals surface area contributed by atoms with Crippen LogP contribution in [0.4, 0.5) is 10.1 Å². The van der Waals surface area contributed by atoms with E-state index >= 15 is 4.39 Å². The maximum Gasteiger partial charge on any atom is 0.270 e. The second-order valence-electron chi connectivity index (χ2n) is 13.3. The third-order valence-corrected chi connectivity index (χ3v) is 10.5. The van der Waals surface area contributed by atoms with Crippen molar-refractivity contribution in [3.8, 4) is 0 Å². The molecule has 3 rings (SSSR count). The van der Waals surface area contributed by atoms with E-state index in [0.29, 0.717) is 38.1 Å². The van der Waals surface area contributed by atoms with Crippen molar-refractivity contribution in [3.63, 3.8) is 0 Å². The molecule has 1 heterocycles. The highest BCUT2D eigenvalue weighted by molar-refractivity contribution is 7.56. The molecular formula is C35H51FN5O8P. The number of aliphatic hydroxyl groups is 1. The van der Waals surface area contributed by atoms with E-state index in [2.05, 4.69) is 21.0 Å². The molecule has 1 unspecified atom stereocenters. The minimum atomic E-state index is -3.29. The van der Waals surface area contributed by atoms with Gasteiger partial charge >= 0.3 is 0 Å². The molecule has 15 heteroatoms. The minimum absolute atomic E-state index is 0.0893. The van der Waals surface area contributed by atoms with E-state index < -0.39 is 37.2 Å². The van der Waals surface area contributed by atoms with Crippen molar-refractivity contribution in [2.24, 2.45) is 11.8 Å². The molecule has 50 heavy (non-hydrogen) atoms. The quantitative estimate of drug-likeness (QED) is 0.0513. The summed E-state index contributed by atoms with van der Waals surface area (Å²) in [5, 5.41) is 20.2. The molecule has 276 valence electrons. The Morgan fingerprint density at radius 3 is 2.38 bits per heavy atom. The molecule has 5 N–H and O–H groups in total. The number of rotatable bonds is 22. The molecule has 0 bridgehead atoms. The summed E-state index contributed by atoms with van der Waals surface area (Å²) in [6.45, 7) is 7.27. The van der Waals surface area contributed by atoms with Crippen molar-refractivity contribution < 1.29 is 42.6 Å². The number of hydrogen-bond donors (Lipinski definition) is 5. The van der Waals surface area contributed by atoms with Crippen molar-refractivity contribution in [1.29, 1.82) is 0 Å². The van der Waals surface area contributed by atoms with Crippen molar-refractivity contribution in [3.05, 3.63) is 53.4 Å². The maximum absolute atomic E-state index is 15.0. The first-order valence-electron chi connectivity index (χ1n) is 17.2. The van der Waals surface area contributed by atoms with Gasteiger partial charge < -0.3 is 25.6 Å². The summed E-state index contributed by atoms with van der Waals surface area (Å²) in [7, 11) is -3.29. The van der Waals surface area contributed by atoms with E-state index in [4.69, 9.17) is 4.52 Å². The van der Waals surface area contributed by atoms with Crippen molar-refractivity contribution in [2.75, 3.05) is 31.2 Å². The first kappa shape index (κ1) is 40.7. The fourth-order valence-electron chi connectivity index (χ4n) is 5.02. The minimum Gasteiger partial charge on any atom is -0.392 e. The van der Waals surface area contributed by atoms with Crippen LogP contribution in [0.25, 0.3) is 0 Å². The Hall–Kier alpha value is -3.71. The van der Waals surface area contributed by atoms with Gasteiger partial charge in [0.25, 0.3) is 19.3 Å². The summed E-state index contributed by atoms with van der Waals surface area (Å²) in [6, 6.07) is 2.13. The molecule has 1 aromatic carbocycles. The number of carbonyl (C=O) groups excluding carboxylic acids is 5. The number of halogens is 1. The summed E-state index contributed by atoms with van der Waals surface area (Å²) in [4.78, 5) is 62.9. The van der Waals surface area contributed by atoms with Gasteiger partial charge in [-0.15, -0.1) is 0 Å². The van der Waals surface area contributed by atoms with Gasteiger partial charge in [-0.1, -0.05) is 38.0 Å². The monoisotopic (exact) mass is 719 g/mol. The Labute approximate surface area is 293 Å². The van der Waals surface area contributed by atoms with E-state index in [9.17, 15) is 33.6 Å². The number of benzene rings is 1. The SMILES string of the molecule is C/C(=C\CCP(=O)(NCC1CC1)OCc1ccc(NC(=O)[C@H](C)NC(=O)[C@@H](NC(=O)CCCCCN2C(=O)C=CC2=O)C(C)C)cc1F)CO. The summed E-state index contributed by atoms with van der Waals surface area (Å²) in [6.07, 6.45) is 8.81. The van der Waals surface area contributed by atoms with E-state index in [1.54, 1.807) is 26.8 Å². The van der Waals surface area contributed by atoms with Crippen molar-refractivity contribution in [2.45, 2.75) is 91.3 Å². The molecule has 0 aromatic heterocycles. The highest BCUT2D eigenvalue weighted by atomic mass is 31.2. The number of amides is 5. The van der Waals surface area contributed by atoms with Crippen LogP contribution in [-0.2, 0) is 39.7 Å². The first-order valence-corrected chi connectivity index (χ1v) is 19.0. The summed E-state index contributed by atoms with van der Waals surface area (Å²) >= 11 is 0. The topological polar surface area (TPSA) is 183 Å². The number of aliphatic hydroxyl groups excluding tert-OH is 1. The van der Waals surface area contributed by atoms with Gasteiger partial charge in [-0.05, 0) is 69.9 Å². The average molecular weight is 720 g/mol. The highest BCUT2D eigenvalue weighted by Crippen LogP contribution is 2.45. The molecule has 13 nitrogen and oxygen atoms in total. The fourth-order valence-corrected chi connectivity index (χ4v) is 6.76. The highest BCUT2D eigenvalue weighted by Gasteiger charge is 2.29. The lowest BCUT2D eigenvalue weighted by molar-refractivity contribution is -0.137. The Balaban J connectivity index is 1.45. The van der Waals surface area contributed by atoms with E-state index in [1.165, 1.54) is 31.2 Å². The zero-order valence-corrected chi connectivity index (χ0v) is 30.2. The van der Waals surface area contributed by atoms with Gasteiger partial charge in [0.05, 0.1) is 13.2 Å². The molecular weight excluding hydrogens is 668 g/mol. The number of unbranched alkanes of at least 4 members (excludes halogenated alkanes) is 2. The molecule has 5 amide bonds. The summed E-state index contributed by atoms with van der Waals surface area (Å²) < 4.78 is 34.3. The van der Waals surface area contributed by atoms with Crippen molar-refractivity contribution in [1.82, 2.24) is 20.6 Å². The van der Waals surface area contributed by atoms with Crippen molar-refractivity contribution >= 4 is 42.7 Å². The molecule has 0 radical (unpaired) electrons. The van der Waals surface area contributed by atoms with E-state index in [1.807, 2.05) is 0 Å². The van der Waals surface area contributed by atoms with Crippen LogP contribution in [0.2, 0.25) is 0 Å². The number of imide groups is 1. The Morgan fingerprint density at radius 2 is 1.76 bits per heavy atom. The third kappa shape index (κ3) is 13.5. The van der Waals surface area contributed by atoms with Gasteiger partial charge in [0, 0.05) is 49.1 Å². The molecule has 0 spiro atoms. The second-order valence-corrected chi connectivity index (χ2v) is 15.6. The molecule has 2 aliphatic rings. The molecule has 0 saturated heterocycles. The number of allylic oxidation sites excluding steroid dienone is 1. The van der Waals surface area contributed by atoms with Gasteiger partial charge in [0.1, 0.15) is 17.9 Å². The maximum atomic E-state index is 15.0. The second kappa shape index (κ2) is 19.6. The number of anilines is 1. The van der Waals surface area contributed by atoms with Crippen LogP contribution in [0.5, 0.6) is 0 Å². The van der Waals surface area contributed by atoms with Crippen LogP contribution in [0.3, 0.4) is 0 Å². The van der Waals surface area contributed by atoms with Crippen LogP contribution in [-0.4, -0.2) is 77.5 Å². The predicted octanol–water partition coefficient (Wildman–Crippen LogP) is 3.93. The van der Waals surface area contributed by atoms with Gasteiger partial charge in [0.2, 0.25) is 17.7 Å². The first-order chi connectivity index (χ1) is 23.7. The zero-order valence-electron chi connectivity index (χ0n) is 29.3. The smallest absolute Gasteiger partial charge is 0.270 e. The molecule has 1 fully saturated rings. The molecule has 1 saturated carbocycles. The van der Waals surface area contributed by atoms with E-state index in [-0.39, 0.29) is 67.2 Å². The van der Waals surface area contributed by atoms with Gasteiger partial charge in [-0.3, -0.25) is 33.4 Å². The third-order valence-electron chi connectivity index (χ3n) is 8.44. The standard InChI is InChI=1S/C35H51FN5O8P/c1-23(2)33(40-30(43)10-6-5-7-17-41-31(44)15-16-32(41)45)35(47)38-25(4)34(46)39-28-14-13-27(29(36)19-28)22-49-50(48,37-20-26-11-12-26)18-8-9-24(3)21-42/h9,13-16,19,23,25-26,33,42H,5-8,10-12,17-18,20-22H2,1-4H3,(H,37,48)(H,38,47)(H,39,46)(H,40,43)/b24-9+/t25-,33-,50?/m0/s1. The Bertz CT molecular complexity index is 1480. The molecule has 1 aliphatic heterocycles. The number of hydrogen-bond acceptors (Lipinski definition) is 8. The largest absolute Gasteiger partial charge is 0.392 e. The van der Waals surface area contributed by atoms with Crippen LogP contribution in [0.15, 0.2) is 42.0 Å².